The van der Waals surface area contributed by atoms with Crippen molar-refractivity contribution in [3.05, 3.63) is 34.2 Å². The molecule has 1 amide bonds. The van der Waals surface area contributed by atoms with Crippen LogP contribution in [-0.2, 0) is 7.05 Å². The molecule has 1 aromatic heterocycles. The van der Waals surface area contributed by atoms with E-state index in [2.05, 4.69) is 5.32 Å². The van der Waals surface area contributed by atoms with E-state index < -0.39 is 0 Å². The minimum Gasteiger partial charge on any atom is -0.351 e. The third-order valence-electron chi connectivity index (χ3n) is 3.57. The van der Waals surface area contributed by atoms with E-state index in [1.54, 1.807) is 19.3 Å². The zero-order valence-corrected chi connectivity index (χ0v) is 11.2. The van der Waals surface area contributed by atoms with Crippen molar-refractivity contribution >= 4 is 17.5 Å². The average molecular weight is 269 g/mol. The fourth-order valence-corrected chi connectivity index (χ4v) is 2.35. The van der Waals surface area contributed by atoms with Crippen LogP contribution in [0.4, 0.5) is 0 Å². The molecule has 1 aliphatic carbocycles. The van der Waals surface area contributed by atoms with Gasteiger partial charge in [0, 0.05) is 37.3 Å². The number of hydrogen-bond donors (Lipinski definition) is 1. The van der Waals surface area contributed by atoms with Gasteiger partial charge in [-0.3, -0.25) is 9.59 Å². The van der Waals surface area contributed by atoms with Crippen molar-refractivity contribution in [2.75, 3.05) is 12.4 Å². The van der Waals surface area contributed by atoms with Crippen molar-refractivity contribution in [2.24, 2.45) is 12.5 Å². The molecule has 1 fully saturated rings. The Bertz CT molecular complexity index is 506. The zero-order valence-electron chi connectivity index (χ0n) is 10.4. The van der Waals surface area contributed by atoms with E-state index in [1.165, 1.54) is 10.6 Å². The maximum absolute atomic E-state index is 11.9. The topological polar surface area (TPSA) is 51.1 Å². The van der Waals surface area contributed by atoms with Crippen molar-refractivity contribution in [1.82, 2.24) is 9.88 Å². The molecule has 0 aliphatic heterocycles. The summed E-state index contributed by atoms with van der Waals surface area (Å²) >= 11 is 5.74. The fourth-order valence-electron chi connectivity index (χ4n) is 1.95. The highest BCUT2D eigenvalue weighted by Crippen LogP contribution is 2.48. The summed E-state index contributed by atoms with van der Waals surface area (Å²) in [7, 11) is 1.66. The SMILES string of the molecule is Cn1ccc(C(=O)NCC2(CCCl)CC2)cc1=O. The lowest BCUT2D eigenvalue weighted by Crippen LogP contribution is -2.31. The van der Waals surface area contributed by atoms with Crippen molar-refractivity contribution < 1.29 is 4.79 Å². The molecule has 0 unspecified atom stereocenters. The van der Waals surface area contributed by atoms with Crippen molar-refractivity contribution in [1.29, 1.82) is 0 Å². The van der Waals surface area contributed by atoms with Gasteiger partial charge in [0.15, 0.2) is 0 Å². The Morgan fingerprint density at radius 3 is 2.83 bits per heavy atom. The summed E-state index contributed by atoms with van der Waals surface area (Å²) in [6, 6.07) is 3.01. The van der Waals surface area contributed by atoms with E-state index in [1.807, 2.05) is 0 Å². The molecule has 0 radical (unpaired) electrons. The largest absolute Gasteiger partial charge is 0.351 e. The van der Waals surface area contributed by atoms with Crippen LogP contribution < -0.4 is 10.9 Å². The number of carbonyl (C=O) groups excluding carboxylic acids is 1. The highest BCUT2D eigenvalue weighted by atomic mass is 35.5. The molecular weight excluding hydrogens is 252 g/mol. The van der Waals surface area contributed by atoms with Crippen molar-refractivity contribution in [2.45, 2.75) is 19.3 Å². The Balaban J connectivity index is 1.96. The Labute approximate surface area is 111 Å². The number of rotatable bonds is 5. The van der Waals surface area contributed by atoms with Crippen LogP contribution >= 0.6 is 11.6 Å². The Morgan fingerprint density at radius 2 is 2.28 bits per heavy atom. The summed E-state index contributed by atoms with van der Waals surface area (Å²) in [6.45, 7) is 0.647. The molecule has 0 aromatic carbocycles. The normalized spacial score (nSPS) is 16.3. The van der Waals surface area contributed by atoms with Gasteiger partial charge in [0.2, 0.25) is 0 Å². The molecule has 0 spiro atoms. The molecule has 4 nitrogen and oxygen atoms in total. The van der Waals surface area contributed by atoms with Crippen LogP contribution in [0.15, 0.2) is 23.1 Å². The molecule has 1 N–H and O–H groups in total. The van der Waals surface area contributed by atoms with Gasteiger partial charge in [0.25, 0.3) is 11.5 Å². The second-order valence-electron chi connectivity index (χ2n) is 4.99. The maximum Gasteiger partial charge on any atom is 0.251 e. The Hall–Kier alpha value is -1.29. The van der Waals surface area contributed by atoms with Crippen LogP contribution in [0.3, 0.4) is 0 Å². The second-order valence-corrected chi connectivity index (χ2v) is 5.36. The summed E-state index contributed by atoms with van der Waals surface area (Å²) in [5, 5.41) is 2.89. The van der Waals surface area contributed by atoms with Gasteiger partial charge in [-0.25, -0.2) is 0 Å². The number of aryl methyl sites for hydroxylation is 1. The number of nitrogens with one attached hydrogen (secondary N) is 1. The molecule has 2 rings (SSSR count). The summed E-state index contributed by atoms with van der Waals surface area (Å²) in [4.78, 5) is 23.3. The fraction of sp³-hybridized carbons (Fsp3) is 0.538. The summed E-state index contributed by atoms with van der Waals surface area (Å²) in [5.41, 5.74) is 0.446. The number of aromatic nitrogens is 1. The molecular formula is C13H17ClN2O2. The first-order chi connectivity index (χ1) is 8.56. The first-order valence-electron chi connectivity index (χ1n) is 6.07. The van der Waals surface area contributed by atoms with E-state index in [-0.39, 0.29) is 16.9 Å². The van der Waals surface area contributed by atoms with Crippen LogP contribution in [0, 0.1) is 5.41 Å². The molecule has 1 heterocycles. The summed E-state index contributed by atoms with van der Waals surface area (Å²) in [6.07, 6.45) is 4.78. The average Bonchev–Trinajstić information content (AvgIpc) is 3.11. The van der Waals surface area contributed by atoms with Crippen LogP contribution in [0.2, 0.25) is 0 Å². The number of hydrogen-bond acceptors (Lipinski definition) is 2. The van der Waals surface area contributed by atoms with Crippen molar-refractivity contribution in [3.63, 3.8) is 0 Å². The molecule has 18 heavy (non-hydrogen) atoms. The van der Waals surface area contributed by atoms with Gasteiger partial charge < -0.3 is 9.88 Å². The number of alkyl halides is 1. The van der Waals surface area contributed by atoms with Gasteiger partial charge in [-0.05, 0) is 30.7 Å². The van der Waals surface area contributed by atoms with E-state index in [4.69, 9.17) is 11.6 Å². The monoisotopic (exact) mass is 268 g/mol. The van der Waals surface area contributed by atoms with E-state index in [0.29, 0.717) is 18.0 Å². The number of nitrogens with zero attached hydrogens (tertiary/aromatic N) is 1. The standard InChI is InChI=1S/C13H17ClN2O2/c1-16-7-2-10(8-11(16)17)12(18)15-9-13(3-4-13)5-6-14/h2,7-8H,3-6,9H2,1H3,(H,15,18). The first-order valence-corrected chi connectivity index (χ1v) is 6.61. The third-order valence-corrected chi connectivity index (χ3v) is 3.76. The van der Waals surface area contributed by atoms with E-state index >= 15 is 0 Å². The summed E-state index contributed by atoms with van der Waals surface area (Å²) in [5.74, 6) is 0.440. The summed E-state index contributed by atoms with van der Waals surface area (Å²) < 4.78 is 1.44. The molecule has 0 atom stereocenters. The van der Waals surface area contributed by atoms with Gasteiger partial charge in [0.1, 0.15) is 0 Å². The molecule has 1 saturated carbocycles. The third kappa shape index (κ3) is 2.93. The maximum atomic E-state index is 11.9. The van der Waals surface area contributed by atoms with Gasteiger partial charge in [-0.2, -0.15) is 0 Å². The quantitative estimate of drug-likeness (QED) is 0.824. The zero-order chi connectivity index (χ0) is 13.2. The number of carbonyl (C=O) groups is 1. The number of halogens is 1. The predicted molar refractivity (Wildman–Crippen MR) is 71.0 cm³/mol. The second kappa shape index (κ2) is 5.14. The van der Waals surface area contributed by atoms with E-state index in [9.17, 15) is 9.59 Å². The number of amides is 1. The molecule has 0 saturated heterocycles. The van der Waals surface area contributed by atoms with Gasteiger partial charge in [-0.15, -0.1) is 11.6 Å². The molecule has 5 heteroatoms. The Kier molecular flexibility index (Phi) is 3.76. The minimum atomic E-state index is -0.187. The smallest absolute Gasteiger partial charge is 0.251 e. The molecule has 0 bridgehead atoms. The minimum absolute atomic E-state index is 0.176. The lowest BCUT2D eigenvalue weighted by molar-refractivity contribution is 0.0944. The highest BCUT2D eigenvalue weighted by molar-refractivity contribution is 6.17. The van der Waals surface area contributed by atoms with Crippen LogP contribution in [-0.4, -0.2) is 22.9 Å². The molecule has 1 aromatic rings. The van der Waals surface area contributed by atoms with Gasteiger partial charge >= 0.3 is 0 Å². The van der Waals surface area contributed by atoms with Crippen molar-refractivity contribution in [3.8, 4) is 0 Å². The Morgan fingerprint density at radius 1 is 1.56 bits per heavy atom. The van der Waals surface area contributed by atoms with Crippen LogP contribution in [0.5, 0.6) is 0 Å². The van der Waals surface area contributed by atoms with Crippen LogP contribution in [0.1, 0.15) is 29.6 Å². The van der Waals surface area contributed by atoms with Gasteiger partial charge in [0.05, 0.1) is 0 Å². The lowest BCUT2D eigenvalue weighted by atomic mass is 10.0. The highest BCUT2D eigenvalue weighted by Gasteiger charge is 2.41. The van der Waals surface area contributed by atoms with Gasteiger partial charge in [-0.1, -0.05) is 0 Å². The van der Waals surface area contributed by atoms with E-state index in [0.717, 1.165) is 19.3 Å². The predicted octanol–water partition coefficient (Wildman–Crippen LogP) is 1.52. The van der Waals surface area contributed by atoms with Crippen LogP contribution in [0.25, 0.3) is 0 Å². The first kappa shape index (κ1) is 13.1. The lowest BCUT2D eigenvalue weighted by Gasteiger charge is -2.14. The molecule has 1 aliphatic rings. The number of pyridine rings is 1. The molecule has 98 valence electrons.